The van der Waals surface area contributed by atoms with Crippen molar-refractivity contribution in [3.63, 3.8) is 0 Å². The van der Waals surface area contributed by atoms with Crippen molar-refractivity contribution in [2.75, 3.05) is 39.5 Å². The number of hydrogen-bond donors (Lipinski definition) is 4. The molecule has 2 aliphatic heterocycles. The van der Waals surface area contributed by atoms with Gasteiger partial charge < -0.3 is 30.4 Å². The standard InChI is InChI=1S/C32H39N5O6/c1-21(34-28(38)19-37-12-14-42-15-13-37)30(40)36-27(17-23-18-33-25-11-7-6-10-24(23)25)31(41)35-26(29(39)32(2)20-43-32)16-22-8-4-3-5-9-22/h3-11,18,21,26-27,33H,12-17,19-20H2,1-2H3,(H,34,38)(H,35,41)(H,36,40)/t21-,26+,27+,32-/m1/s1. The molecule has 2 aliphatic rings. The predicted molar refractivity (Wildman–Crippen MR) is 160 cm³/mol. The molecule has 4 N–H and O–H groups in total. The fourth-order valence-corrected chi connectivity index (χ4v) is 5.29. The molecular formula is C32H39N5O6. The van der Waals surface area contributed by atoms with Crippen molar-refractivity contribution in [2.45, 2.75) is 50.4 Å². The number of para-hydroxylation sites is 1. The molecule has 5 rings (SSSR count). The van der Waals surface area contributed by atoms with Crippen LogP contribution in [0.15, 0.2) is 60.8 Å². The van der Waals surface area contributed by atoms with Crippen LogP contribution in [0.1, 0.15) is 25.0 Å². The minimum atomic E-state index is -1.01. The lowest BCUT2D eigenvalue weighted by atomic mass is 9.94. The molecule has 3 aromatic rings. The Morgan fingerprint density at radius 1 is 0.907 bits per heavy atom. The monoisotopic (exact) mass is 589 g/mol. The number of nitrogens with one attached hydrogen (secondary N) is 4. The van der Waals surface area contributed by atoms with Crippen LogP contribution in [0.5, 0.6) is 0 Å². The molecule has 3 amide bonds. The van der Waals surface area contributed by atoms with E-state index in [-0.39, 0.29) is 31.1 Å². The van der Waals surface area contributed by atoms with Crippen molar-refractivity contribution in [1.82, 2.24) is 25.8 Å². The van der Waals surface area contributed by atoms with Gasteiger partial charge >= 0.3 is 0 Å². The average Bonchev–Trinajstić information content (AvgIpc) is 3.64. The molecule has 1 aromatic heterocycles. The Hall–Kier alpha value is -4.06. The Labute approximate surface area is 250 Å². The molecule has 0 unspecified atom stereocenters. The summed E-state index contributed by atoms with van der Waals surface area (Å²) in [4.78, 5) is 58.4. The molecule has 11 nitrogen and oxygen atoms in total. The Bertz CT molecular complexity index is 1450. The quantitative estimate of drug-likeness (QED) is 0.219. The molecule has 4 atom stereocenters. The highest BCUT2D eigenvalue weighted by Crippen LogP contribution is 2.29. The molecule has 11 heteroatoms. The van der Waals surface area contributed by atoms with E-state index in [9.17, 15) is 19.2 Å². The Morgan fingerprint density at radius 2 is 1.58 bits per heavy atom. The first-order valence-corrected chi connectivity index (χ1v) is 14.7. The maximum Gasteiger partial charge on any atom is 0.243 e. The smallest absolute Gasteiger partial charge is 0.243 e. The maximum atomic E-state index is 13.9. The zero-order chi connectivity index (χ0) is 30.4. The molecule has 0 spiro atoms. The molecule has 0 aliphatic carbocycles. The van der Waals surface area contributed by atoms with E-state index >= 15 is 0 Å². The van der Waals surface area contributed by atoms with Crippen LogP contribution in [0.3, 0.4) is 0 Å². The number of epoxide rings is 1. The molecule has 2 fully saturated rings. The minimum Gasteiger partial charge on any atom is -0.379 e. The number of aromatic amines is 1. The van der Waals surface area contributed by atoms with Crippen molar-refractivity contribution in [3.05, 3.63) is 71.9 Å². The summed E-state index contributed by atoms with van der Waals surface area (Å²) in [5.74, 6) is -1.50. The number of ether oxygens (including phenoxy) is 2. The molecule has 0 bridgehead atoms. The number of fused-ring (bicyclic) bond motifs is 1. The molecule has 43 heavy (non-hydrogen) atoms. The van der Waals surface area contributed by atoms with E-state index in [1.165, 1.54) is 0 Å². The first-order chi connectivity index (χ1) is 20.7. The number of morpholine rings is 1. The van der Waals surface area contributed by atoms with Gasteiger partial charge in [0.2, 0.25) is 17.7 Å². The Kier molecular flexibility index (Phi) is 9.54. The molecular weight excluding hydrogens is 550 g/mol. The van der Waals surface area contributed by atoms with Gasteiger partial charge in [0.05, 0.1) is 32.4 Å². The van der Waals surface area contributed by atoms with Gasteiger partial charge in [-0.1, -0.05) is 48.5 Å². The number of ketones is 1. The highest BCUT2D eigenvalue weighted by atomic mass is 16.6. The third kappa shape index (κ3) is 7.86. The van der Waals surface area contributed by atoms with Crippen LogP contribution in [0.25, 0.3) is 10.9 Å². The Balaban J connectivity index is 1.31. The zero-order valence-corrected chi connectivity index (χ0v) is 24.6. The van der Waals surface area contributed by atoms with Crippen molar-refractivity contribution in [2.24, 2.45) is 0 Å². The number of amides is 3. The molecule has 0 saturated carbocycles. The fourth-order valence-electron chi connectivity index (χ4n) is 5.29. The van der Waals surface area contributed by atoms with Crippen LogP contribution in [-0.2, 0) is 41.5 Å². The van der Waals surface area contributed by atoms with E-state index in [2.05, 4.69) is 20.9 Å². The summed E-state index contributed by atoms with van der Waals surface area (Å²) in [7, 11) is 0. The van der Waals surface area contributed by atoms with E-state index in [1.54, 1.807) is 13.8 Å². The number of aromatic nitrogens is 1. The van der Waals surface area contributed by atoms with E-state index in [0.29, 0.717) is 32.9 Å². The third-order valence-corrected chi connectivity index (χ3v) is 7.99. The highest BCUT2D eigenvalue weighted by Gasteiger charge is 2.50. The highest BCUT2D eigenvalue weighted by molar-refractivity contribution is 5.99. The molecule has 3 heterocycles. The van der Waals surface area contributed by atoms with Crippen LogP contribution in [0.4, 0.5) is 0 Å². The second-order valence-corrected chi connectivity index (χ2v) is 11.4. The summed E-state index contributed by atoms with van der Waals surface area (Å²) in [5.41, 5.74) is 1.69. The van der Waals surface area contributed by atoms with Crippen LogP contribution in [0, 0.1) is 0 Å². The van der Waals surface area contributed by atoms with E-state index < -0.39 is 35.5 Å². The zero-order valence-electron chi connectivity index (χ0n) is 24.6. The van der Waals surface area contributed by atoms with Gasteiger partial charge in [0.15, 0.2) is 5.78 Å². The van der Waals surface area contributed by atoms with Gasteiger partial charge in [-0.15, -0.1) is 0 Å². The first kappa shape index (κ1) is 30.4. The van der Waals surface area contributed by atoms with Crippen LogP contribution < -0.4 is 16.0 Å². The fraction of sp³-hybridized carbons (Fsp3) is 0.438. The number of nitrogens with zero attached hydrogens (tertiary/aromatic N) is 1. The van der Waals surface area contributed by atoms with Gasteiger partial charge in [0, 0.05) is 36.6 Å². The number of Topliss-reactive ketones (excluding diaryl/α,β-unsaturated/α-hetero) is 1. The summed E-state index contributed by atoms with van der Waals surface area (Å²) in [6.45, 7) is 6.17. The van der Waals surface area contributed by atoms with Crippen molar-refractivity contribution >= 4 is 34.4 Å². The van der Waals surface area contributed by atoms with Crippen LogP contribution in [-0.4, -0.2) is 96.6 Å². The first-order valence-electron chi connectivity index (χ1n) is 14.7. The number of carbonyl (C=O) groups excluding carboxylic acids is 4. The lowest BCUT2D eigenvalue weighted by Crippen LogP contribution is -2.57. The summed E-state index contributed by atoms with van der Waals surface area (Å²) in [6.07, 6.45) is 2.28. The average molecular weight is 590 g/mol. The summed E-state index contributed by atoms with van der Waals surface area (Å²) in [5, 5.41) is 9.41. The maximum absolute atomic E-state index is 13.9. The largest absolute Gasteiger partial charge is 0.379 e. The number of hydrogen-bond acceptors (Lipinski definition) is 7. The second kappa shape index (κ2) is 13.5. The van der Waals surface area contributed by atoms with Gasteiger partial charge in [-0.25, -0.2) is 0 Å². The number of benzene rings is 2. The van der Waals surface area contributed by atoms with E-state index in [4.69, 9.17) is 9.47 Å². The minimum absolute atomic E-state index is 0.157. The second-order valence-electron chi connectivity index (χ2n) is 11.4. The van der Waals surface area contributed by atoms with E-state index in [1.807, 2.05) is 65.7 Å². The SMILES string of the molecule is C[C@@H](NC(=O)CN1CCOCC1)C(=O)N[C@@H](Cc1c[nH]c2ccccc12)C(=O)N[C@@H](Cc1ccccc1)C(=O)[C@@]1(C)CO1. The summed E-state index contributed by atoms with van der Waals surface area (Å²) in [6, 6.07) is 14.4. The summed E-state index contributed by atoms with van der Waals surface area (Å²) < 4.78 is 10.7. The predicted octanol–water partition coefficient (Wildman–Crippen LogP) is 1.12. The lowest BCUT2D eigenvalue weighted by Gasteiger charge is -2.27. The summed E-state index contributed by atoms with van der Waals surface area (Å²) >= 11 is 0. The van der Waals surface area contributed by atoms with E-state index in [0.717, 1.165) is 22.0 Å². The third-order valence-electron chi connectivity index (χ3n) is 7.99. The Morgan fingerprint density at radius 3 is 2.30 bits per heavy atom. The molecule has 2 saturated heterocycles. The van der Waals surface area contributed by atoms with Crippen molar-refractivity contribution in [3.8, 4) is 0 Å². The van der Waals surface area contributed by atoms with Gasteiger partial charge in [-0.3, -0.25) is 24.1 Å². The van der Waals surface area contributed by atoms with Gasteiger partial charge in [-0.05, 0) is 37.5 Å². The van der Waals surface area contributed by atoms with Gasteiger partial charge in [0.1, 0.15) is 17.7 Å². The van der Waals surface area contributed by atoms with Crippen molar-refractivity contribution < 1.29 is 28.7 Å². The number of H-pyrrole nitrogens is 1. The molecule has 2 aromatic carbocycles. The van der Waals surface area contributed by atoms with Gasteiger partial charge in [-0.2, -0.15) is 0 Å². The number of carbonyl (C=O) groups is 4. The van der Waals surface area contributed by atoms with Crippen LogP contribution >= 0.6 is 0 Å². The number of rotatable bonds is 13. The van der Waals surface area contributed by atoms with Crippen LogP contribution in [0.2, 0.25) is 0 Å². The molecule has 228 valence electrons. The normalized spacial score (nSPS) is 20.5. The van der Waals surface area contributed by atoms with Crippen molar-refractivity contribution in [1.29, 1.82) is 0 Å². The topological polar surface area (TPSA) is 145 Å². The molecule has 0 radical (unpaired) electrons. The van der Waals surface area contributed by atoms with Gasteiger partial charge in [0.25, 0.3) is 0 Å². The lowest BCUT2D eigenvalue weighted by molar-refractivity contribution is -0.134.